The van der Waals surface area contributed by atoms with Gasteiger partial charge < -0.3 is 0 Å². The number of thiocarbonyl (C=S) groups is 1. The second kappa shape index (κ2) is 6.48. The van der Waals surface area contributed by atoms with E-state index in [-0.39, 0.29) is 5.91 Å². The minimum Gasteiger partial charge on any atom is -0.298 e. The van der Waals surface area contributed by atoms with Crippen molar-refractivity contribution in [3.63, 3.8) is 0 Å². The van der Waals surface area contributed by atoms with Crippen LogP contribution in [0.25, 0.3) is 6.08 Å². The van der Waals surface area contributed by atoms with Crippen molar-refractivity contribution in [3.8, 4) is 0 Å². The Kier molecular flexibility index (Phi) is 4.41. The first-order valence-electron chi connectivity index (χ1n) is 6.98. The highest BCUT2D eigenvalue weighted by Gasteiger charge is 2.33. The lowest BCUT2D eigenvalue weighted by Gasteiger charge is -2.14. The standard InChI is InChI=1S/C18H13NO2S2/c1-12-2-8-15(9-3-12)19-17(21)16(23-18(19)22)10-13-4-6-14(11-20)7-5-13/h2-11H,1H3/b16-10+. The van der Waals surface area contributed by atoms with Gasteiger partial charge in [0.15, 0.2) is 4.32 Å². The number of anilines is 1. The van der Waals surface area contributed by atoms with Gasteiger partial charge in [0.1, 0.15) is 6.29 Å². The molecular formula is C18H13NO2S2. The van der Waals surface area contributed by atoms with Crippen molar-refractivity contribution in [2.75, 3.05) is 4.90 Å². The van der Waals surface area contributed by atoms with Gasteiger partial charge in [0.05, 0.1) is 10.6 Å². The molecule has 2 aromatic rings. The van der Waals surface area contributed by atoms with Crippen molar-refractivity contribution >= 4 is 52.3 Å². The van der Waals surface area contributed by atoms with Crippen molar-refractivity contribution in [2.24, 2.45) is 0 Å². The summed E-state index contributed by atoms with van der Waals surface area (Å²) in [6, 6.07) is 14.7. The maximum atomic E-state index is 12.6. The Morgan fingerprint density at radius 1 is 1.00 bits per heavy atom. The molecular weight excluding hydrogens is 326 g/mol. The molecule has 23 heavy (non-hydrogen) atoms. The lowest BCUT2D eigenvalue weighted by atomic mass is 10.1. The van der Waals surface area contributed by atoms with Crippen molar-refractivity contribution < 1.29 is 9.59 Å². The summed E-state index contributed by atoms with van der Waals surface area (Å²) < 4.78 is 0.523. The molecule has 0 saturated carbocycles. The van der Waals surface area contributed by atoms with E-state index in [1.165, 1.54) is 11.8 Å². The molecule has 0 aromatic heterocycles. The fraction of sp³-hybridized carbons (Fsp3) is 0.0556. The molecule has 3 rings (SSSR count). The van der Waals surface area contributed by atoms with E-state index >= 15 is 0 Å². The number of hydrogen-bond acceptors (Lipinski definition) is 4. The second-order valence-corrected chi connectivity index (χ2v) is 6.81. The Labute approximate surface area is 144 Å². The number of thioether (sulfide) groups is 1. The summed E-state index contributed by atoms with van der Waals surface area (Å²) in [5, 5.41) is 0. The molecule has 1 aliphatic heterocycles. The minimum atomic E-state index is -0.122. The summed E-state index contributed by atoms with van der Waals surface area (Å²) in [5.41, 5.74) is 3.37. The lowest BCUT2D eigenvalue weighted by Crippen LogP contribution is -2.27. The maximum Gasteiger partial charge on any atom is 0.270 e. The Bertz CT molecular complexity index is 808. The number of aldehydes is 1. The van der Waals surface area contributed by atoms with Crippen LogP contribution >= 0.6 is 24.0 Å². The first kappa shape index (κ1) is 15.6. The van der Waals surface area contributed by atoms with Crippen LogP contribution in [0.4, 0.5) is 5.69 Å². The van der Waals surface area contributed by atoms with E-state index in [1.54, 1.807) is 23.1 Å². The van der Waals surface area contributed by atoms with Gasteiger partial charge in [-0.3, -0.25) is 14.5 Å². The van der Waals surface area contributed by atoms with Gasteiger partial charge in [-0.05, 0) is 30.7 Å². The van der Waals surface area contributed by atoms with E-state index in [4.69, 9.17) is 12.2 Å². The number of nitrogens with zero attached hydrogens (tertiary/aromatic N) is 1. The van der Waals surface area contributed by atoms with Gasteiger partial charge in [0.2, 0.25) is 0 Å². The average Bonchev–Trinajstić information content (AvgIpc) is 2.83. The van der Waals surface area contributed by atoms with Gasteiger partial charge in [-0.25, -0.2) is 0 Å². The molecule has 0 bridgehead atoms. The highest BCUT2D eigenvalue weighted by molar-refractivity contribution is 8.27. The van der Waals surface area contributed by atoms with Gasteiger partial charge in [0, 0.05) is 5.56 Å². The number of aryl methyl sites for hydroxylation is 1. The van der Waals surface area contributed by atoms with E-state index in [9.17, 15) is 9.59 Å². The predicted molar refractivity (Wildman–Crippen MR) is 98.7 cm³/mol. The second-order valence-electron chi connectivity index (χ2n) is 5.14. The molecule has 1 amide bonds. The normalized spacial score (nSPS) is 16.2. The molecule has 0 unspecified atom stereocenters. The lowest BCUT2D eigenvalue weighted by molar-refractivity contribution is -0.113. The van der Waals surface area contributed by atoms with Crippen LogP contribution in [0, 0.1) is 6.92 Å². The SMILES string of the molecule is Cc1ccc(N2C(=O)/C(=C\c3ccc(C=O)cc3)SC2=S)cc1. The van der Waals surface area contributed by atoms with Gasteiger partial charge in [-0.15, -0.1) is 0 Å². The third kappa shape index (κ3) is 3.25. The van der Waals surface area contributed by atoms with Crippen molar-refractivity contribution in [1.29, 1.82) is 0 Å². The molecule has 5 heteroatoms. The molecule has 2 aromatic carbocycles. The van der Waals surface area contributed by atoms with Crippen molar-refractivity contribution in [2.45, 2.75) is 6.92 Å². The fourth-order valence-electron chi connectivity index (χ4n) is 2.21. The Morgan fingerprint density at radius 2 is 1.61 bits per heavy atom. The van der Waals surface area contributed by atoms with Crippen LogP contribution in [0.1, 0.15) is 21.5 Å². The van der Waals surface area contributed by atoms with E-state index < -0.39 is 0 Å². The number of benzene rings is 2. The summed E-state index contributed by atoms with van der Waals surface area (Å²) in [7, 11) is 0. The monoisotopic (exact) mass is 339 g/mol. The number of carbonyl (C=O) groups excluding carboxylic acids is 2. The quantitative estimate of drug-likeness (QED) is 0.477. The van der Waals surface area contributed by atoms with Gasteiger partial charge in [-0.2, -0.15) is 0 Å². The molecule has 3 nitrogen and oxygen atoms in total. The van der Waals surface area contributed by atoms with Gasteiger partial charge >= 0.3 is 0 Å². The van der Waals surface area contributed by atoms with Gasteiger partial charge in [-0.1, -0.05) is 65.9 Å². The van der Waals surface area contributed by atoms with Crippen LogP contribution in [0.2, 0.25) is 0 Å². The zero-order valence-corrected chi connectivity index (χ0v) is 14.0. The average molecular weight is 339 g/mol. The highest BCUT2D eigenvalue weighted by Crippen LogP contribution is 2.36. The number of carbonyl (C=O) groups is 2. The van der Waals surface area contributed by atoms with E-state index in [1.807, 2.05) is 43.3 Å². The van der Waals surface area contributed by atoms with E-state index in [0.717, 1.165) is 23.1 Å². The van der Waals surface area contributed by atoms with Gasteiger partial charge in [0.25, 0.3) is 5.91 Å². The largest absolute Gasteiger partial charge is 0.298 e. The maximum absolute atomic E-state index is 12.6. The Morgan fingerprint density at radius 3 is 2.22 bits per heavy atom. The topological polar surface area (TPSA) is 37.4 Å². The zero-order chi connectivity index (χ0) is 16.4. The molecule has 0 N–H and O–H groups in total. The van der Waals surface area contributed by atoms with Crippen LogP contribution in [-0.4, -0.2) is 16.5 Å². The molecule has 0 radical (unpaired) electrons. The number of rotatable bonds is 3. The van der Waals surface area contributed by atoms with E-state index in [2.05, 4.69) is 0 Å². The first-order valence-corrected chi connectivity index (χ1v) is 8.21. The molecule has 0 aliphatic carbocycles. The molecule has 1 aliphatic rings. The molecule has 1 saturated heterocycles. The van der Waals surface area contributed by atoms with Crippen LogP contribution in [0.5, 0.6) is 0 Å². The number of amides is 1. The summed E-state index contributed by atoms with van der Waals surface area (Å²) >= 11 is 6.63. The third-order valence-electron chi connectivity index (χ3n) is 3.46. The summed E-state index contributed by atoms with van der Waals surface area (Å²) in [4.78, 5) is 25.4. The van der Waals surface area contributed by atoms with Crippen LogP contribution in [0.3, 0.4) is 0 Å². The summed E-state index contributed by atoms with van der Waals surface area (Å²) in [6.45, 7) is 2.00. The molecule has 114 valence electrons. The van der Waals surface area contributed by atoms with Crippen molar-refractivity contribution in [1.82, 2.24) is 0 Å². The van der Waals surface area contributed by atoms with Crippen LogP contribution < -0.4 is 4.90 Å². The Hall–Kier alpha value is -2.24. The molecule has 1 fully saturated rings. The van der Waals surface area contributed by atoms with Crippen molar-refractivity contribution in [3.05, 3.63) is 70.1 Å². The first-order chi connectivity index (χ1) is 11.1. The van der Waals surface area contributed by atoms with Crippen LogP contribution in [0.15, 0.2) is 53.4 Å². The van der Waals surface area contributed by atoms with E-state index in [0.29, 0.717) is 14.8 Å². The summed E-state index contributed by atoms with van der Waals surface area (Å²) in [5.74, 6) is -0.122. The minimum absolute atomic E-state index is 0.122. The number of hydrogen-bond donors (Lipinski definition) is 0. The fourth-order valence-corrected chi connectivity index (χ4v) is 3.51. The zero-order valence-electron chi connectivity index (χ0n) is 12.4. The predicted octanol–water partition coefficient (Wildman–Crippen LogP) is 4.21. The summed E-state index contributed by atoms with van der Waals surface area (Å²) in [6.07, 6.45) is 2.59. The molecule has 0 spiro atoms. The Balaban J connectivity index is 1.89. The smallest absolute Gasteiger partial charge is 0.270 e. The molecule has 1 heterocycles. The third-order valence-corrected chi connectivity index (χ3v) is 4.76. The molecule has 0 atom stereocenters. The van der Waals surface area contributed by atoms with Crippen LogP contribution in [-0.2, 0) is 4.79 Å². The highest BCUT2D eigenvalue weighted by atomic mass is 32.2.